The average molecular weight is 214 g/mol. The second-order valence-corrected chi connectivity index (χ2v) is 3.71. The van der Waals surface area contributed by atoms with Gasteiger partial charge in [0.15, 0.2) is 0 Å². The van der Waals surface area contributed by atoms with E-state index in [0.29, 0.717) is 6.54 Å². The molecule has 0 saturated heterocycles. The third-order valence-electron chi connectivity index (χ3n) is 2.33. The SMILES string of the molecule is CC=CCCNC(=O)NC(C)C(C)CO. The standard InChI is InChI=1S/C11H22N2O2/c1-4-5-6-7-12-11(15)13-10(3)9(2)8-14/h4-5,9-10,14H,6-8H2,1-3H3,(H2,12,13,15). The minimum absolute atomic E-state index is 0.0169. The summed E-state index contributed by atoms with van der Waals surface area (Å²) in [6.45, 7) is 6.44. The van der Waals surface area contributed by atoms with Crippen molar-refractivity contribution >= 4 is 6.03 Å². The summed E-state index contributed by atoms with van der Waals surface area (Å²) in [4.78, 5) is 11.3. The fourth-order valence-electron chi connectivity index (χ4n) is 0.994. The van der Waals surface area contributed by atoms with Gasteiger partial charge in [-0.15, -0.1) is 0 Å². The smallest absolute Gasteiger partial charge is 0.315 e. The summed E-state index contributed by atoms with van der Waals surface area (Å²) in [6.07, 6.45) is 4.80. The topological polar surface area (TPSA) is 61.4 Å². The highest BCUT2D eigenvalue weighted by Crippen LogP contribution is 1.99. The van der Waals surface area contributed by atoms with E-state index in [4.69, 9.17) is 5.11 Å². The Kier molecular flexibility index (Phi) is 7.72. The molecule has 0 saturated carbocycles. The molecule has 0 aromatic heterocycles. The molecule has 4 heteroatoms. The van der Waals surface area contributed by atoms with Crippen LogP contribution in [0.2, 0.25) is 0 Å². The van der Waals surface area contributed by atoms with Gasteiger partial charge in [-0.1, -0.05) is 19.1 Å². The zero-order valence-corrected chi connectivity index (χ0v) is 9.79. The van der Waals surface area contributed by atoms with Crippen LogP contribution in [0.3, 0.4) is 0 Å². The Labute approximate surface area is 91.8 Å². The lowest BCUT2D eigenvalue weighted by atomic mass is 10.1. The quantitative estimate of drug-likeness (QED) is 0.460. The van der Waals surface area contributed by atoms with Crippen molar-refractivity contribution in [1.82, 2.24) is 10.6 Å². The van der Waals surface area contributed by atoms with Crippen molar-refractivity contribution in [2.75, 3.05) is 13.2 Å². The molecule has 2 amide bonds. The van der Waals surface area contributed by atoms with Crippen LogP contribution in [0, 0.1) is 5.92 Å². The van der Waals surface area contributed by atoms with Crippen molar-refractivity contribution in [2.24, 2.45) is 5.92 Å². The van der Waals surface area contributed by atoms with Crippen LogP contribution in [0.4, 0.5) is 4.79 Å². The first-order valence-corrected chi connectivity index (χ1v) is 5.38. The van der Waals surface area contributed by atoms with Gasteiger partial charge in [0.25, 0.3) is 0 Å². The Bertz CT molecular complexity index is 205. The van der Waals surface area contributed by atoms with Crippen LogP contribution in [-0.2, 0) is 0 Å². The van der Waals surface area contributed by atoms with Crippen molar-refractivity contribution in [3.05, 3.63) is 12.2 Å². The lowest BCUT2D eigenvalue weighted by Gasteiger charge is -2.19. The van der Waals surface area contributed by atoms with Crippen LogP contribution < -0.4 is 10.6 Å². The summed E-state index contributed by atoms with van der Waals surface area (Å²) in [6, 6.07) is -0.191. The highest BCUT2D eigenvalue weighted by atomic mass is 16.3. The molecule has 0 heterocycles. The van der Waals surface area contributed by atoms with Gasteiger partial charge >= 0.3 is 6.03 Å². The van der Waals surface area contributed by atoms with E-state index >= 15 is 0 Å². The predicted molar refractivity (Wildman–Crippen MR) is 61.7 cm³/mol. The fraction of sp³-hybridized carbons (Fsp3) is 0.727. The Morgan fingerprint density at radius 2 is 2.13 bits per heavy atom. The van der Waals surface area contributed by atoms with E-state index in [1.54, 1.807) is 0 Å². The Balaban J connectivity index is 3.64. The summed E-state index contributed by atoms with van der Waals surface area (Å²) >= 11 is 0. The number of aliphatic hydroxyl groups excluding tert-OH is 1. The molecule has 4 nitrogen and oxygen atoms in total. The molecular formula is C11H22N2O2. The van der Waals surface area contributed by atoms with Crippen LogP contribution in [0.5, 0.6) is 0 Å². The number of nitrogens with one attached hydrogen (secondary N) is 2. The van der Waals surface area contributed by atoms with Gasteiger partial charge in [0, 0.05) is 19.2 Å². The molecule has 0 aliphatic rings. The van der Waals surface area contributed by atoms with E-state index in [9.17, 15) is 4.79 Å². The lowest BCUT2D eigenvalue weighted by molar-refractivity contribution is 0.200. The maximum absolute atomic E-state index is 11.3. The van der Waals surface area contributed by atoms with Crippen LogP contribution in [0.1, 0.15) is 27.2 Å². The lowest BCUT2D eigenvalue weighted by Crippen LogP contribution is -2.44. The molecule has 0 aromatic rings. The molecule has 0 rings (SSSR count). The van der Waals surface area contributed by atoms with E-state index in [-0.39, 0.29) is 24.6 Å². The molecule has 2 unspecified atom stereocenters. The van der Waals surface area contributed by atoms with Crippen LogP contribution >= 0.6 is 0 Å². The van der Waals surface area contributed by atoms with Crippen LogP contribution in [0.25, 0.3) is 0 Å². The van der Waals surface area contributed by atoms with E-state index in [2.05, 4.69) is 10.6 Å². The van der Waals surface area contributed by atoms with Gasteiger partial charge in [-0.25, -0.2) is 4.79 Å². The first-order valence-electron chi connectivity index (χ1n) is 5.38. The maximum atomic E-state index is 11.3. The molecule has 0 aliphatic carbocycles. The minimum Gasteiger partial charge on any atom is -0.396 e. The zero-order valence-electron chi connectivity index (χ0n) is 9.79. The molecule has 0 aromatic carbocycles. The van der Waals surface area contributed by atoms with Crippen molar-refractivity contribution < 1.29 is 9.90 Å². The van der Waals surface area contributed by atoms with Gasteiger partial charge in [-0.2, -0.15) is 0 Å². The second-order valence-electron chi connectivity index (χ2n) is 3.71. The number of hydrogen-bond acceptors (Lipinski definition) is 2. The first-order chi connectivity index (χ1) is 7.11. The van der Waals surface area contributed by atoms with Gasteiger partial charge in [0.05, 0.1) is 0 Å². The Morgan fingerprint density at radius 3 is 2.67 bits per heavy atom. The number of urea groups is 1. The highest BCUT2D eigenvalue weighted by molar-refractivity contribution is 5.74. The summed E-state index contributed by atoms with van der Waals surface area (Å²) in [5.74, 6) is 0.0753. The van der Waals surface area contributed by atoms with Gasteiger partial charge in [0.1, 0.15) is 0 Å². The molecule has 0 aliphatic heterocycles. The molecule has 0 bridgehead atoms. The van der Waals surface area contributed by atoms with Gasteiger partial charge in [-0.05, 0) is 26.2 Å². The fourth-order valence-corrected chi connectivity index (χ4v) is 0.994. The van der Waals surface area contributed by atoms with E-state index in [1.807, 2.05) is 32.9 Å². The summed E-state index contributed by atoms with van der Waals surface area (Å²) in [5, 5.41) is 14.4. The van der Waals surface area contributed by atoms with Gasteiger partial charge < -0.3 is 15.7 Å². The largest absolute Gasteiger partial charge is 0.396 e. The normalized spacial score (nSPS) is 14.9. The number of carbonyl (C=O) groups is 1. The monoisotopic (exact) mass is 214 g/mol. The number of allylic oxidation sites excluding steroid dienone is 1. The number of rotatable bonds is 6. The van der Waals surface area contributed by atoms with Gasteiger partial charge in [-0.3, -0.25) is 0 Å². The molecule has 0 fully saturated rings. The third-order valence-corrected chi connectivity index (χ3v) is 2.33. The first kappa shape index (κ1) is 14.0. The molecule has 2 atom stereocenters. The average Bonchev–Trinajstić information content (AvgIpc) is 2.23. The van der Waals surface area contributed by atoms with Crippen molar-refractivity contribution in [1.29, 1.82) is 0 Å². The second kappa shape index (κ2) is 8.29. The molecule has 15 heavy (non-hydrogen) atoms. The zero-order chi connectivity index (χ0) is 11.7. The summed E-state index contributed by atoms with van der Waals surface area (Å²) < 4.78 is 0. The number of aliphatic hydroxyl groups is 1. The molecular weight excluding hydrogens is 192 g/mol. The molecule has 88 valence electrons. The van der Waals surface area contributed by atoms with Crippen molar-refractivity contribution in [3.63, 3.8) is 0 Å². The number of amides is 2. The molecule has 0 spiro atoms. The Hall–Kier alpha value is -1.03. The van der Waals surface area contributed by atoms with E-state index in [1.165, 1.54) is 0 Å². The summed E-state index contributed by atoms with van der Waals surface area (Å²) in [7, 11) is 0. The van der Waals surface area contributed by atoms with Crippen LogP contribution in [0.15, 0.2) is 12.2 Å². The Morgan fingerprint density at radius 1 is 1.47 bits per heavy atom. The van der Waals surface area contributed by atoms with Gasteiger partial charge in [0.2, 0.25) is 0 Å². The van der Waals surface area contributed by atoms with E-state index < -0.39 is 0 Å². The highest BCUT2D eigenvalue weighted by Gasteiger charge is 2.12. The third kappa shape index (κ3) is 6.96. The molecule has 0 radical (unpaired) electrons. The number of hydrogen-bond donors (Lipinski definition) is 3. The minimum atomic E-state index is -0.174. The van der Waals surface area contributed by atoms with E-state index in [0.717, 1.165) is 6.42 Å². The van der Waals surface area contributed by atoms with Crippen molar-refractivity contribution in [3.8, 4) is 0 Å². The van der Waals surface area contributed by atoms with Crippen LogP contribution in [-0.4, -0.2) is 30.3 Å². The maximum Gasteiger partial charge on any atom is 0.315 e. The number of carbonyl (C=O) groups excluding carboxylic acids is 1. The predicted octanol–water partition coefficient (Wildman–Crippen LogP) is 1.27. The summed E-state index contributed by atoms with van der Waals surface area (Å²) in [5.41, 5.74) is 0. The molecule has 3 N–H and O–H groups in total. The van der Waals surface area contributed by atoms with Crippen molar-refractivity contribution in [2.45, 2.75) is 33.2 Å².